The Morgan fingerprint density at radius 3 is 2.44 bits per heavy atom. The Morgan fingerprint density at radius 2 is 2.00 bits per heavy atom. The van der Waals surface area contributed by atoms with Crippen molar-refractivity contribution in [3.05, 3.63) is 0 Å². The molecule has 0 bridgehead atoms. The average molecular weight is 150 g/mol. The number of nitrogens with two attached hydrogens (primary N) is 1. The molecule has 0 aromatic rings. The summed E-state index contributed by atoms with van der Waals surface area (Å²) in [6.07, 6.45) is 6.00. The van der Waals surface area contributed by atoms with Gasteiger partial charge in [0.2, 0.25) is 0 Å². The third kappa shape index (κ3) is 8.25. The topological polar surface area (TPSA) is 26.0 Å². The van der Waals surface area contributed by atoms with Crippen LogP contribution in [0.5, 0.6) is 0 Å². The summed E-state index contributed by atoms with van der Waals surface area (Å²) in [4.78, 5) is 0. The van der Waals surface area contributed by atoms with E-state index in [0.717, 1.165) is 6.42 Å². The van der Waals surface area contributed by atoms with Crippen LogP contribution in [-0.2, 0) is 0 Å². The predicted octanol–water partition coefficient (Wildman–Crippen LogP) is 2.48. The largest absolute Gasteiger partial charge is 0.315 e. The molecule has 0 amide bonds. The number of hydrogen-bond acceptors (Lipinski definition) is 1. The van der Waals surface area contributed by atoms with E-state index in [-0.39, 0.29) is 5.50 Å². The van der Waals surface area contributed by atoms with Crippen LogP contribution in [-0.4, -0.2) is 5.50 Å². The number of rotatable bonds is 5. The molecule has 2 heteroatoms. The minimum atomic E-state index is -0.123. The standard InChI is InChI=1S/C7H16ClN/c1-2-3-4-5-6-7(8)9/h7H,2-6,9H2,1H3. The zero-order chi connectivity index (χ0) is 7.11. The normalized spacial score (nSPS) is 13.7. The number of hydrogen-bond donors (Lipinski definition) is 1. The van der Waals surface area contributed by atoms with Gasteiger partial charge >= 0.3 is 0 Å². The quantitative estimate of drug-likeness (QED) is 0.363. The van der Waals surface area contributed by atoms with Gasteiger partial charge in [0.15, 0.2) is 0 Å². The molecular formula is C7H16ClN. The summed E-state index contributed by atoms with van der Waals surface area (Å²) in [7, 11) is 0. The van der Waals surface area contributed by atoms with Crippen LogP contribution in [0, 0.1) is 0 Å². The maximum absolute atomic E-state index is 5.53. The van der Waals surface area contributed by atoms with Crippen molar-refractivity contribution in [3.8, 4) is 0 Å². The van der Waals surface area contributed by atoms with E-state index in [0.29, 0.717) is 0 Å². The molecule has 0 spiro atoms. The lowest BCUT2D eigenvalue weighted by Gasteiger charge is -2.00. The third-order valence-electron chi connectivity index (χ3n) is 1.33. The lowest BCUT2D eigenvalue weighted by atomic mass is 10.2. The molecule has 0 rings (SSSR count). The Bertz CT molecular complexity index is 54.9. The minimum absolute atomic E-state index is 0.123. The molecular weight excluding hydrogens is 134 g/mol. The Kier molecular flexibility index (Phi) is 6.55. The zero-order valence-corrected chi connectivity index (χ0v) is 6.82. The molecule has 0 aromatic heterocycles. The molecule has 0 heterocycles. The van der Waals surface area contributed by atoms with Crippen molar-refractivity contribution in [2.24, 2.45) is 5.73 Å². The summed E-state index contributed by atoms with van der Waals surface area (Å²) in [5, 5.41) is 0. The van der Waals surface area contributed by atoms with E-state index in [4.69, 9.17) is 17.3 Å². The number of alkyl halides is 1. The van der Waals surface area contributed by atoms with E-state index < -0.39 is 0 Å². The Morgan fingerprint density at radius 1 is 1.33 bits per heavy atom. The van der Waals surface area contributed by atoms with Crippen LogP contribution in [0.1, 0.15) is 39.0 Å². The first-order chi connectivity index (χ1) is 4.27. The fourth-order valence-corrected chi connectivity index (χ4v) is 0.920. The van der Waals surface area contributed by atoms with Crippen molar-refractivity contribution < 1.29 is 0 Å². The van der Waals surface area contributed by atoms with Crippen LogP contribution in [0.2, 0.25) is 0 Å². The molecule has 0 radical (unpaired) electrons. The van der Waals surface area contributed by atoms with E-state index in [1.165, 1.54) is 25.7 Å². The van der Waals surface area contributed by atoms with Gasteiger partial charge in [0.25, 0.3) is 0 Å². The van der Waals surface area contributed by atoms with Crippen molar-refractivity contribution in [2.45, 2.75) is 44.5 Å². The maximum atomic E-state index is 5.53. The first-order valence-corrected chi connectivity index (χ1v) is 4.10. The van der Waals surface area contributed by atoms with Crippen molar-refractivity contribution in [1.82, 2.24) is 0 Å². The summed E-state index contributed by atoms with van der Waals surface area (Å²) in [5.41, 5.74) is 5.22. The molecule has 1 unspecified atom stereocenters. The second-order valence-corrected chi connectivity index (χ2v) is 2.93. The molecule has 1 atom stereocenters. The van der Waals surface area contributed by atoms with E-state index in [1.54, 1.807) is 0 Å². The molecule has 56 valence electrons. The highest BCUT2D eigenvalue weighted by molar-refractivity contribution is 6.20. The molecule has 1 nitrogen and oxygen atoms in total. The first-order valence-electron chi connectivity index (χ1n) is 3.67. The Balaban J connectivity index is 2.75. The van der Waals surface area contributed by atoms with Gasteiger partial charge < -0.3 is 5.73 Å². The molecule has 2 N–H and O–H groups in total. The van der Waals surface area contributed by atoms with E-state index >= 15 is 0 Å². The SMILES string of the molecule is CCCCCCC(N)Cl. The van der Waals surface area contributed by atoms with Crippen LogP contribution in [0.4, 0.5) is 0 Å². The molecule has 0 saturated heterocycles. The highest BCUT2D eigenvalue weighted by Crippen LogP contribution is 2.05. The molecule has 9 heavy (non-hydrogen) atoms. The highest BCUT2D eigenvalue weighted by atomic mass is 35.5. The number of halogens is 1. The summed E-state index contributed by atoms with van der Waals surface area (Å²) in [6, 6.07) is 0. The van der Waals surface area contributed by atoms with Crippen LogP contribution in [0.25, 0.3) is 0 Å². The van der Waals surface area contributed by atoms with E-state index in [1.807, 2.05) is 0 Å². The summed E-state index contributed by atoms with van der Waals surface area (Å²) < 4.78 is 0. The van der Waals surface area contributed by atoms with Gasteiger partial charge in [0, 0.05) is 0 Å². The van der Waals surface area contributed by atoms with Gasteiger partial charge in [0.1, 0.15) is 0 Å². The average Bonchev–Trinajstić information content (AvgIpc) is 1.80. The van der Waals surface area contributed by atoms with Crippen LogP contribution in [0.15, 0.2) is 0 Å². The van der Waals surface area contributed by atoms with E-state index in [2.05, 4.69) is 6.92 Å². The Labute approximate surface area is 62.6 Å². The van der Waals surface area contributed by atoms with Crippen molar-refractivity contribution in [3.63, 3.8) is 0 Å². The third-order valence-corrected chi connectivity index (χ3v) is 1.55. The van der Waals surface area contributed by atoms with Gasteiger partial charge in [-0.2, -0.15) is 0 Å². The predicted molar refractivity (Wildman–Crippen MR) is 42.6 cm³/mol. The minimum Gasteiger partial charge on any atom is -0.315 e. The first kappa shape index (κ1) is 9.25. The number of unbranched alkanes of at least 4 members (excludes halogenated alkanes) is 3. The van der Waals surface area contributed by atoms with Crippen LogP contribution >= 0.6 is 11.6 Å². The second kappa shape index (κ2) is 6.37. The lowest BCUT2D eigenvalue weighted by molar-refractivity contribution is 0.621. The molecule has 0 aromatic carbocycles. The van der Waals surface area contributed by atoms with Gasteiger partial charge in [-0.15, -0.1) is 11.6 Å². The second-order valence-electron chi connectivity index (χ2n) is 2.37. The zero-order valence-electron chi connectivity index (χ0n) is 6.07. The maximum Gasteiger partial charge on any atom is 0.0800 e. The van der Waals surface area contributed by atoms with Crippen molar-refractivity contribution in [1.29, 1.82) is 0 Å². The Hall–Kier alpha value is 0.250. The molecule has 0 aliphatic rings. The van der Waals surface area contributed by atoms with Gasteiger partial charge in [-0.1, -0.05) is 32.6 Å². The van der Waals surface area contributed by atoms with Gasteiger partial charge in [-0.3, -0.25) is 0 Å². The smallest absolute Gasteiger partial charge is 0.0800 e. The molecule has 0 aliphatic carbocycles. The van der Waals surface area contributed by atoms with Gasteiger partial charge in [-0.25, -0.2) is 0 Å². The van der Waals surface area contributed by atoms with Crippen molar-refractivity contribution >= 4 is 11.6 Å². The van der Waals surface area contributed by atoms with Crippen LogP contribution < -0.4 is 5.73 Å². The lowest BCUT2D eigenvalue weighted by Crippen LogP contribution is -2.10. The highest BCUT2D eigenvalue weighted by Gasteiger charge is 1.94. The monoisotopic (exact) mass is 149 g/mol. The van der Waals surface area contributed by atoms with Crippen LogP contribution in [0.3, 0.4) is 0 Å². The summed E-state index contributed by atoms with van der Waals surface area (Å²) >= 11 is 5.53. The van der Waals surface area contributed by atoms with E-state index in [9.17, 15) is 0 Å². The summed E-state index contributed by atoms with van der Waals surface area (Å²) in [6.45, 7) is 2.20. The van der Waals surface area contributed by atoms with Crippen molar-refractivity contribution in [2.75, 3.05) is 0 Å². The van der Waals surface area contributed by atoms with Gasteiger partial charge in [0.05, 0.1) is 5.50 Å². The summed E-state index contributed by atoms with van der Waals surface area (Å²) in [5.74, 6) is 0. The molecule has 0 saturated carbocycles. The fourth-order valence-electron chi connectivity index (χ4n) is 0.766. The van der Waals surface area contributed by atoms with Gasteiger partial charge in [-0.05, 0) is 6.42 Å². The fraction of sp³-hybridized carbons (Fsp3) is 1.00. The molecule has 0 fully saturated rings. The molecule has 0 aliphatic heterocycles.